The molecule has 2 aliphatic rings. The molecule has 1 aliphatic heterocycles. The zero-order chi connectivity index (χ0) is 22.7. The first-order valence-electron chi connectivity index (χ1n) is 11.9. The highest BCUT2D eigenvalue weighted by molar-refractivity contribution is 5.81. The van der Waals surface area contributed by atoms with Crippen molar-refractivity contribution in [3.05, 3.63) is 65.2 Å². The van der Waals surface area contributed by atoms with E-state index in [4.69, 9.17) is 4.74 Å². The first kappa shape index (κ1) is 22.4. The van der Waals surface area contributed by atoms with Crippen molar-refractivity contribution in [1.29, 1.82) is 0 Å². The van der Waals surface area contributed by atoms with E-state index in [2.05, 4.69) is 37.4 Å². The van der Waals surface area contributed by atoms with Gasteiger partial charge in [-0.15, -0.1) is 0 Å². The van der Waals surface area contributed by atoms with E-state index in [1.807, 2.05) is 42.2 Å². The number of carbonyl (C=O) groups is 2. The third kappa shape index (κ3) is 5.14. The molecule has 2 atom stereocenters. The van der Waals surface area contributed by atoms with E-state index in [1.165, 1.54) is 5.56 Å². The van der Waals surface area contributed by atoms with Crippen LogP contribution in [0.15, 0.2) is 48.5 Å². The van der Waals surface area contributed by atoms with Crippen LogP contribution in [0.1, 0.15) is 69.2 Å². The molecule has 1 aliphatic carbocycles. The average molecular weight is 435 g/mol. The summed E-state index contributed by atoms with van der Waals surface area (Å²) in [6, 6.07) is 16.5. The standard InChI is InChI=1S/C27H34N2O3/c1-4-24(27(31)28-21-11-12-21)32-22-13-10-19-14-15-29(25(30)16-18(2)3)26(23(19)17-22)20-8-6-5-7-9-20/h5-10,13,17-18,21,24,26H,4,11-12,14-16H2,1-3H3,(H,28,31)/t24-,26-/m0/s1. The quantitative estimate of drug-likeness (QED) is 0.658. The second-order valence-electron chi connectivity index (χ2n) is 9.41. The molecule has 1 N–H and O–H groups in total. The fourth-order valence-electron chi connectivity index (χ4n) is 4.40. The number of fused-ring (bicyclic) bond motifs is 1. The summed E-state index contributed by atoms with van der Waals surface area (Å²) in [7, 11) is 0. The Kier molecular flexibility index (Phi) is 6.83. The molecular weight excluding hydrogens is 400 g/mol. The Morgan fingerprint density at radius 2 is 1.88 bits per heavy atom. The van der Waals surface area contributed by atoms with Crippen LogP contribution in [-0.2, 0) is 16.0 Å². The molecule has 2 amide bonds. The molecule has 1 fully saturated rings. The van der Waals surface area contributed by atoms with E-state index in [-0.39, 0.29) is 17.9 Å². The lowest BCUT2D eigenvalue weighted by molar-refractivity contribution is -0.134. The number of amides is 2. The van der Waals surface area contributed by atoms with Gasteiger partial charge in [-0.05, 0) is 60.4 Å². The molecule has 1 heterocycles. The van der Waals surface area contributed by atoms with E-state index in [9.17, 15) is 9.59 Å². The molecule has 0 saturated heterocycles. The van der Waals surface area contributed by atoms with Gasteiger partial charge in [0.1, 0.15) is 5.75 Å². The van der Waals surface area contributed by atoms with E-state index in [0.717, 1.165) is 30.4 Å². The molecule has 2 aromatic carbocycles. The second-order valence-corrected chi connectivity index (χ2v) is 9.41. The Bertz CT molecular complexity index is 953. The smallest absolute Gasteiger partial charge is 0.261 e. The molecule has 170 valence electrons. The topological polar surface area (TPSA) is 58.6 Å². The highest BCUT2D eigenvalue weighted by Gasteiger charge is 2.33. The molecule has 0 aromatic heterocycles. The van der Waals surface area contributed by atoms with Crippen LogP contribution < -0.4 is 10.1 Å². The second kappa shape index (κ2) is 9.76. The lowest BCUT2D eigenvalue weighted by atomic mass is 9.87. The van der Waals surface area contributed by atoms with Gasteiger partial charge in [0, 0.05) is 19.0 Å². The lowest BCUT2D eigenvalue weighted by Crippen LogP contribution is -2.41. The average Bonchev–Trinajstić information content (AvgIpc) is 3.60. The van der Waals surface area contributed by atoms with Crippen LogP contribution >= 0.6 is 0 Å². The summed E-state index contributed by atoms with van der Waals surface area (Å²) in [5.41, 5.74) is 3.42. The van der Waals surface area contributed by atoms with E-state index >= 15 is 0 Å². The summed E-state index contributed by atoms with van der Waals surface area (Å²) in [6.07, 6.45) is 3.57. The summed E-state index contributed by atoms with van der Waals surface area (Å²) in [5.74, 6) is 1.13. The van der Waals surface area contributed by atoms with Gasteiger partial charge in [0.2, 0.25) is 5.91 Å². The molecule has 5 heteroatoms. The number of nitrogens with one attached hydrogen (secondary N) is 1. The monoisotopic (exact) mass is 434 g/mol. The fraction of sp³-hybridized carbons (Fsp3) is 0.481. The van der Waals surface area contributed by atoms with Gasteiger partial charge in [0.25, 0.3) is 5.91 Å². The lowest BCUT2D eigenvalue weighted by Gasteiger charge is -2.38. The van der Waals surface area contributed by atoms with Crippen LogP contribution in [0.2, 0.25) is 0 Å². The Hall–Kier alpha value is -2.82. The zero-order valence-corrected chi connectivity index (χ0v) is 19.3. The highest BCUT2D eigenvalue weighted by Crippen LogP contribution is 2.38. The van der Waals surface area contributed by atoms with Crippen molar-refractivity contribution in [3.8, 4) is 5.75 Å². The van der Waals surface area contributed by atoms with Crippen molar-refractivity contribution >= 4 is 11.8 Å². The Morgan fingerprint density at radius 3 is 2.53 bits per heavy atom. The molecule has 0 radical (unpaired) electrons. The van der Waals surface area contributed by atoms with Crippen LogP contribution in [0.3, 0.4) is 0 Å². The number of nitrogens with zero attached hydrogens (tertiary/aromatic N) is 1. The van der Waals surface area contributed by atoms with Gasteiger partial charge < -0.3 is 15.0 Å². The molecule has 1 saturated carbocycles. The molecule has 5 nitrogen and oxygen atoms in total. The first-order chi connectivity index (χ1) is 15.5. The molecule has 0 spiro atoms. The Labute approximate surface area is 191 Å². The third-order valence-corrected chi connectivity index (χ3v) is 6.23. The van der Waals surface area contributed by atoms with E-state index in [0.29, 0.717) is 37.1 Å². The van der Waals surface area contributed by atoms with Crippen LogP contribution in [0.25, 0.3) is 0 Å². The zero-order valence-electron chi connectivity index (χ0n) is 19.3. The van der Waals surface area contributed by atoms with Crippen LogP contribution in [0.4, 0.5) is 0 Å². The maximum atomic E-state index is 13.2. The van der Waals surface area contributed by atoms with Crippen molar-refractivity contribution in [2.75, 3.05) is 6.54 Å². The van der Waals surface area contributed by atoms with Gasteiger partial charge in [-0.1, -0.05) is 57.2 Å². The summed E-state index contributed by atoms with van der Waals surface area (Å²) >= 11 is 0. The predicted molar refractivity (Wildman–Crippen MR) is 125 cm³/mol. The maximum Gasteiger partial charge on any atom is 0.261 e. The number of ether oxygens (including phenoxy) is 1. The van der Waals surface area contributed by atoms with Gasteiger partial charge in [-0.25, -0.2) is 0 Å². The molecule has 32 heavy (non-hydrogen) atoms. The number of rotatable bonds is 8. The minimum Gasteiger partial charge on any atom is -0.481 e. The van der Waals surface area contributed by atoms with Crippen molar-refractivity contribution < 1.29 is 14.3 Å². The minimum atomic E-state index is -0.508. The Balaban J connectivity index is 1.64. The molecule has 0 unspecified atom stereocenters. The van der Waals surface area contributed by atoms with Crippen LogP contribution in [0, 0.1) is 5.92 Å². The number of hydrogen-bond acceptors (Lipinski definition) is 3. The van der Waals surface area contributed by atoms with E-state index in [1.54, 1.807) is 0 Å². The normalized spacial score (nSPS) is 18.8. The first-order valence-corrected chi connectivity index (χ1v) is 11.9. The molecule has 0 bridgehead atoms. The largest absolute Gasteiger partial charge is 0.481 e. The third-order valence-electron chi connectivity index (χ3n) is 6.23. The summed E-state index contributed by atoms with van der Waals surface area (Å²) in [5, 5.41) is 3.05. The van der Waals surface area contributed by atoms with Crippen molar-refractivity contribution in [2.45, 2.75) is 71.1 Å². The van der Waals surface area contributed by atoms with E-state index < -0.39 is 6.10 Å². The number of hydrogen-bond donors (Lipinski definition) is 1. The molecule has 4 rings (SSSR count). The summed E-state index contributed by atoms with van der Waals surface area (Å²) in [4.78, 5) is 27.7. The van der Waals surface area contributed by atoms with Gasteiger partial charge in [-0.3, -0.25) is 9.59 Å². The SMILES string of the molecule is CC[C@H](Oc1ccc2c(c1)[C@H](c1ccccc1)N(C(=O)CC(C)C)CC2)C(=O)NC1CC1. The minimum absolute atomic E-state index is 0.0407. The molecule has 2 aromatic rings. The van der Waals surface area contributed by atoms with Gasteiger partial charge >= 0.3 is 0 Å². The van der Waals surface area contributed by atoms with Crippen LogP contribution in [-0.4, -0.2) is 35.4 Å². The number of benzene rings is 2. The summed E-state index contributed by atoms with van der Waals surface area (Å²) in [6.45, 7) is 6.84. The van der Waals surface area contributed by atoms with Crippen molar-refractivity contribution in [1.82, 2.24) is 10.2 Å². The predicted octanol–water partition coefficient (Wildman–Crippen LogP) is 4.64. The van der Waals surface area contributed by atoms with Crippen molar-refractivity contribution in [3.63, 3.8) is 0 Å². The Morgan fingerprint density at radius 1 is 1.12 bits per heavy atom. The fourth-order valence-corrected chi connectivity index (χ4v) is 4.40. The summed E-state index contributed by atoms with van der Waals surface area (Å²) < 4.78 is 6.15. The van der Waals surface area contributed by atoms with Gasteiger partial charge in [0.05, 0.1) is 6.04 Å². The van der Waals surface area contributed by atoms with Gasteiger partial charge in [-0.2, -0.15) is 0 Å². The van der Waals surface area contributed by atoms with Crippen LogP contribution in [0.5, 0.6) is 5.75 Å². The number of carbonyl (C=O) groups excluding carboxylic acids is 2. The van der Waals surface area contributed by atoms with Crippen molar-refractivity contribution in [2.24, 2.45) is 5.92 Å². The highest BCUT2D eigenvalue weighted by atomic mass is 16.5. The molecular formula is C27H34N2O3. The maximum absolute atomic E-state index is 13.2. The van der Waals surface area contributed by atoms with Gasteiger partial charge in [0.15, 0.2) is 6.10 Å².